The van der Waals surface area contributed by atoms with Gasteiger partial charge >= 0.3 is 0 Å². The number of piperazine rings is 1. The van der Waals surface area contributed by atoms with Crippen molar-refractivity contribution in [2.24, 2.45) is 0 Å². The van der Waals surface area contributed by atoms with E-state index in [0.717, 1.165) is 43.2 Å². The largest absolute Gasteiger partial charge is 0.362 e. The lowest BCUT2D eigenvalue weighted by Crippen LogP contribution is -2.49. The van der Waals surface area contributed by atoms with Crippen LogP contribution in [0.4, 0.5) is 5.69 Å². The minimum Gasteiger partial charge on any atom is -0.362 e. The van der Waals surface area contributed by atoms with Gasteiger partial charge in [0, 0.05) is 36.9 Å². The number of halogens is 1. The third-order valence-corrected chi connectivity index (χ3v) is 6.41. The highest BCUT2D eigenvalue weighted by molar-refractivity contribution is 6.30. The molecule has 0 aliphatic carbocycles. The predicted molar refractivity (Wildman–Crippen MR) is 129 cm³/mol. The van der Waals surface area contributed by atoms with Gasteiger partial charge in [-0.3, -0.25) is 4.90 Å². The number of rotatable bonds is 5. The minimum atomic E-state index is 0.202. The van der Waals surface area contributed by atoms with Gasteiger partial charge in [-0.25, -0.2) is 0 Å². The van der Waals surface area contributed by atoms with Gasteiger partial charge in [-0.15, -0.1) is 0 Å². The zero-order valence-corrected chi connectivity index (χ0v) is 18.9. The summed E-state index contributed by atoms with van der Waals surface area (Å²) in [7, 11) is 0. The van der Waals surface area contributed by atoms with Gasteiger partial charge < -0.3 is 4.90 Å². The molecule has 1 saturated heterocycles. The fraction of sp³-hybridized carbons (Fsp3) is 0.259. The van der Waals surface area contributed by atoms with Crippen LogP contribution in [-0.2, 0) is 6.42 Å². The first kappa shape index (κ1) is 21.9. The van der Waals surface area contributed by atoms with Gasteiger partial charge in [0.15, 0.2) is 0 Å². The van der Waals surface area contributed by atoms with Gasteiger partial charge in [-0.1, -0.05) is 35.9 Å². The number of aryl methyl sites for hydroxylation is 1. The average Bonchev–Trinajstić information content (AvgIpc) is 2.83. The highest BCUT2D eigenvalue weighted by Gasteiger charge is 2.29. The van der Waals surface area contributed by atoms with Crippen LogP contribution in [0.5, 0.6) is 0 Å². The molecule has 1 aliphatic heterocycles. The van der Waals surface area contributed by atoms with E-state index in [9.17, 15) is 5.26 Å². The molecular formula is C27H25ClN4. The Hall–Kier alpha value is -3.31. The Morgan fingerprint density at radius 1 is 0.906 bits per heavy atom. The molecule has 3 aromatic rings. The Morgan fingerprint density at radius 3 is 2.25 bits per heavy atom. The van der Waals surface area contributed by atoms with Crippen molar-refractivity contribution in [3.05, 3.63) is 99.6 Å². The number of hydrogen-bond donors (Lipinski definition) is 0. The second-order valence-electron chi connectivity index (χ2n) is 8.23. The van der Waals surface area contributed by atoms with E-state index in [2.05, 4.69) is 47.1 Å². The highest BCUT2D eigenvalue weighted by Crippen LogP contribution is 2.33. The Labute approximate surface area is 194 Å². The van der Waals surface area contributed by atoms with E-state index in [0.29, 0.717) is 11.1 Å². The van der Waals surface area contributed by atoms with E-state index in [-0.39, 0.29) is 6.04 Å². The van der Waals surface area contributed by atoms with Gasteiger partial charge in [0.05, 0.1) is 29.3 Å². The van der Waals surface area contributed by atoms with Crippen molar-refractivity contribution in [1.82, 2.24) is 4.90 Å². The molecule has 160 valence electrons. The summed E-state index contributed by atoms with van der Waals surface area (Å²) in [5.74, 6) is 0. The molecule has 0 spiro atoms. The summed E-state index contributed by atoms with van der Waals surface area (Å²) < 4.78 is 0. The molecule has 3 aromatic carbocycles. The van der Waals surface area contributed by atoms with Crippen molar-refractivity contribution in [1.29, 1.82) is 10.5 Å². The zero-order valence-electron chi connectivity index (χ0n) is 18.1. The zero-order chi connectivity index (χ0) is 22.5. The molecule has 4 rings (SSSR count). The molecule has 4 nitrogen and oxygen atoms in total. The van der Waals surface area contributed by atoms with Crippen molar-refractivity contribution in [3.8, 4) is 12.1 Å². The second kappa shape index (κ2) is 9.88. The number of anilines is 1. The van der Waals surface area contributed by atoms with Gasteiger partial charge in [-0.05, 0) is 72.5 Å². The Balaban J connectivity index is 1.54. The number of hydrogen-bond acceptors (Lipinski definition) is 4. The summed E-state index contributed by atoms with van der Waals surface area (Å²) in [6.07, 6.45) is 0.953. The van der Waals surface area contributed by atoms with Crippen LogP contribution in [0.2, 0.25) is 5.02 Å². The molecule has 1 fully saturated rings. The highest BCUT2D eigenvalue weighted by atomic mass is 35.5. The van der Waals surface area contributed by atoms with Crippen LogP contribution < -0.4 is 4.90 Å². The molecule has 1 atom stereocenters. The molecule has 1 unspecified atom stereocenters. The van der Waals surface area contributed by atoms with Crippen molar-refractivity contribution in [2.45, 2.75) is 19.4 Å². The standard InChI is InChI=1S/C27H25ClN4/c1-20-16-23(18-30)6-11-26(20)32-15-14-31(13-12-21-2-4-22(17-29)5-3-21)19-27(32)24-7-9-25(28)10-8-24/h2-11,16,27H,12-15,19H2,1H3. The maximum atomic E-state index is 9.24. The molecule has 5 heteroatoms. The Kier molecular flexibility index (Phi) is 6.76. The SMILES string of the molecule is Cc1cc(C#N)ccc1N1CCN(CCc2ccc(C#N)cc2)CC1c1ccc(Cl)cc1. The van der Waals surface area contributed by atoms with Crippen LogP contribution >= 0.6 is 11.6 Å². The van der Waals surface area contributed by atoms with E-state index < -0.39 is 0 Å². The monoisotopic (exact) mass is 440 g/mol. The first-order valence-corrected chi connectivity index (χ1v) is 11.2. The van der Waals surface area contributed by atoms with Crippen LogP contribution in [0.3, 0.4) is 0 Å². The maximum Gasteiger partial charge on any atom is 0.0991 e. The van der Waals surface area contributed by atoms with E-state index >= 15 is 0 Å². The lowest BCUT2D eigenvalue weighted by molar-refractivity contribution is 0.226. The summed E-state index contributed by atoms with van der Waals surface area (Å²) in [5.41, 5.74) is 6.17. The van der Waals surface area contributed by atoms with Crippen molar-refractivity contribution in [2.75, 3.05) is 31.1 Å². The molecule has 0 aromatic heterocycles. The third kappa shape index (κ3) is 4.94. The number of nitrogens with zero attached hydrogens (tertiary/aromatic N) is 4. The lowest BCUT2D eigenvalue weighted by Gasteiger charge is -2.44. The number of nitriles is 2. The van der Waals surface area contributed by atoms with Crippen molar-refractivity contribution < 1.29 is 0 Å². The smallest absolute Gasteiger partial charge is 0.0991 e. The van der Waals surface area contributed by atoms with Crippen LogP contribution in [0.15, 0.2) is 66.7 Å². The molecule has 0 bridgehead atoms. The molecule has 0 amide bonds. The summed E-state index contributed by atoms with van der Waals surface area (Å²) in [5, 5.41) is 19.0. The summed E-state index contributed by atoms with van der Waals surface area (Å²) in [6, 6.07) is 26.6. The molecular weight excluding hydrogens is 416 g/mol. The van der Waals surface area contributed by atoms with Gasteiger partial charge in [0.25, 0.3) is 0 Å². The maximum absolute atomic E-state index is 9.24. The topological polar surface area (TPSA) is 54.1 Å². The first-order valence-electron chi connectivity index (χ1n) is 10.8. The van der Waals surface area contributed by atoms with Gasteiger partial charge in [0.2, 0.25) is 0 Å². The normalized spacial score (nSPS) is 16.4. The second-order valence-corrected chi connectivity index (χ2v) is 8.67. The summed E-state index contributed by atoms with van der Waals surface area (Å²) in [6.45, 7) is 5.84. The molecule has 1 heterocycles. The number of benzene rings is 3. The third-order valence-electron chi connectivity index (χ3n) is 6.15. The first-order chi connectivity index (χ1) is 15.6. The Bertz CT molecular complexity index is 1160. The van der Waals surface area contributed by atoms with E-state index in [1.54, 1.807) is 0 Å². The van der Waals surface area contributed by atoms with Gasteiger partial charge in [-0.2, -0.15) is 10.5 Å². The fourth-order valence-corrected chi connectivity index (χ4v) is 4.51. The van der Waals surface area contributed by atoms with Gasteiger partial charge in [0.1, 0.15) is 0 Å². The van der Waals surface area contributed by atoms with Crippen molar-refractivity contribution >= 4 is 17.3 Å². The summed E-state index contributed by atoms with van der Waals surface area (Å²) >= 11 is 6.16. The predicted octanol–water partition coefficient (Wildman–Crippen LogP) is 5.50. The molecule has 1 aliphatic rings. The minimum absolute atomic E-state index is 0.202. The molecule has 0 N–H and O–H groups in total. The molecule has 0 radical (unpaired) electrons. The van der Waals surface area contributed by atoms with E-state index in [1.807, 2.05) is 48.5 Å². The van der Waals surface area contributed by atoms with Crippen molar-refractivity contribution in [3.63, 3.8) is 0 Å². The van der Waals surface area contributed by atoms with Crippen LogP contribution in [0, 0.1) is 29.6 Å². The van der Waals surface area contributed by atoms with Crippen LogP contribution in [-0.4, -0.2) is 31.1 Å². The van der Waals surface area contributed by atoms with Crippen LogP contribution in [0.25, 0.3) is 0 Å². The molecule has 32 heavy (non-hydrogen) atoms. The molecule has 0 saturated carbocycles. The van der Waals surface area contributed by atoms with E-state index in [4.69, 9.17) is 16.9 Å². The quantitative estimate of drug-likeness (QED) is 0.525. The average molecular weight is 441 g/mol. The Morgan fingerprint density at radius 2 is 1.59 bits per heavy atom. The fourth-order valence-electron chi connectivity index (χ4n) is 4.38. The summed E-state index contributed by atoms with van der Waals surface area (Å²) in [4.78, 5) is 4.96. The van der Waals surface area contributed by atoms with E-state index in [1.165, 1.54) is 16.8 Å². The van der Waals surface area contributed by atoms with Crippen LogP contribution in [0.1, 0.15) is 33.9 Å². The lowest BCUT2D eigenvalue weighted by atomic mass is 9.99.